The van der Waals surface area contributed by atoms with Crippen molar-refractivity contribution >= 4 is 27.4 Å². The van der Waals surface area contributed by atoms with Gasteiger partial charge in [-0.05, 0) is 35.9 Å². The number of carbonyl (C=O) groups is 1. The Kier molecular flexibility index (Phi) is 3.22. The second-order valence-corrected chi connectivity index (χ2v) is 5.52. The molecule has 0 spiro atoms. The van der Waals surface area contributed by atoms with Crippen molar-refractivity contribution < 1.29 is 13.9 Å². The van der Waals surface area contributed by atoms with Crippen LogP contribution in [0.2, 0.25) is 0 Å². The molecule has 2 N–H and O–H groups in total. The summed E-state index contributed by atoms with van der Waals surface area (Å²) in [6, 6.07) is 7.41. The molecule has 0 saturated heterocycles. The summed E-state index contributed by atoms with van der Waals surface area (Å²) in [5, 5.41) is 0. The number of benzene rings is 2. The number of hydrogen-bond acceptors (Lipinski definition) is 3. The van der Waals surface area contributed by atoms with Crippen LogP contribution in [0.4, 0.5) is 10.1 Å². The van der Waals surface area contributed by atoms with Gasteiger partial charge in [-0.2, -0.15) is 0 Å². The van der Waals surface area contributed by atoms with Crippen molar-refractivity contribution in [1.29, 1.82) is 0 Å². The van der Waals surface area contributed by atoms with E-state index in [1.807, 2.05) is 6.07 Å². The topological polar surface area (TPSA) is 52.3 Å². The number of ketones is 1. The number of halogens is 2. The molecule has 0 fully saturated rings. The van der Waals surface area contributed by atoms with Gasteiger partial charge in [-0.15, -0.1) is 0 Å². The maximum atomic E-state index is 13.1. The molecule has 0 saturated carbocycles. The summed E-state index contributed by atoms with van der Waals surface area (Å²) in [6.45, 7) is 0.560. The smallest absolute Gasteiger partial charge is 0.198 e. The summed E-state index contributed by atoms with van der Waals surface area (Å²) < 4.78 is 19.4. The van der Waals surface area contributed by atoms with Crippen molar-refractivity contribution in [3.8, 4) is 5.75 Å². The lowest BCUT2D eigenvalue weighted by atomic mass is 9.98. The zero-order valence-corrected chi connectivity index (χ0v) is 12.0. The highest BCUT2D eigenvalue weighted by molar-refractivity contribution is 9.10. The van der Waals surface area contributed by atoms with Crippen molar-refractivity contribution in [2.24, 2.45) is 0 Å². The Morgan fingerprint density at radius 3 is 2.80 bits per heavy atom. The van der Waals surface area contributed by atoms with Crippen molar-refractivity contribution in [3.63, 3.8) is 0 Å². The third-order valence-corrected chi connectivity index (χ3v) is 3.71. The molecule has 0 radical (unpaired) electrons. The predicted octanol–water partition coefficient (Wildman–Crippen LogP) is 3.34. The second-order valence-electron chi connectivity index (χ2n) is 4.60. The van der Waals surface area contributed by atoms with Gasteiger partial charge < -0.3 is 10.5 Å². The Bertz CT molecular complexity index is 715. The minimum absolute atomic E-state index is 0.127. The van der Waals surface area contributed by atoms with Gasteiger partial charge >= 0.3 is 0 Å². The highest BCUT2D eigenvalue weighted by atomic mass is 79.9. The molecule has 5 heteroatoms. The molecule has 1 heterocycles. The molecule has 20 heavy (non-hydrogen) atoms. The van der Waals surface area contributed by atoms with Gasteiger partial charge in [0.25, 0.3) is 0 Å². The third kappa shape index (κ3) is 2.18. The molecule has 0 atom stereocenters. The highest BCUT2D eigenvalue weighted by Crippen LogP contribution is 2.35. The fourth-order valence-corrected chi connectivity index (χ4v) is 2.83. The number of rotatable bonds is 2. The monoisotopic (exact) mass is 335 g/mol. The highest BCUT2D eigenvalue weighted by Gasteiger charge is 2.23. The van der Waals surface area contributed by atoms with Crippen LogP contribution in [-0.4, -0.2) is 12.4 Å². The summed E-state index contributed by atoms with van der Waals surface area (Å²) >= 11 is 3.39. The zero-order valence-electron chi connectivity index (χ0n) is 10.5. The Hall–Kier alpha value is -1.88. The molecule has 2 aromatic rings. The lowest BCUT2D eigenvalue weighted by Crippen LogP contribution is -2.07. The van der Waals surface area contributed by atoms with Gasteiger partial charge in [0.1, 0.15) is 11.6 Å². The van der Waals surface area contributed by atoms with E-state index in [9.17, 15) is 9.18 Å². The molecule has 102 valence electrons. The summed E-state index contributed by atoms with van der Waals surface area (Å²) in [4.78, 5) is 12.6. The van der Waals surface area contributed by atoms with Crippen molar-refractivity contribution in [2.75, 3.05) is 12.3 Å². The first-order valence-electron chi connectivity index (χ1n) is 6.11. The number of fused-ring (bicyclic) bond motifs is 1. The average Bonchev–Trinajstić information content (AvgIpc) is 2.85. The molecule has 1 aliphatic heterocycles. The molecule has 3 rings (SSSR count). The predicted molar refractivity (Wildman–Crippen MR) is 77.6 cm³/mol. The first kappa shape index (κ1) is 13.1. The molecule has 2 aromatic carbocycles. The van der Waals surface area contributed by atoms with E-state index in [0.717, 1.165) is 22.5 Å². The van der Waals surface area contributed by atoms with Crippen LogP contribution in [0, 0.1) is 5.82 Å². The number of ether oxygens (including phenoxy) is 1. The summed E-state index contributed by atoms with van der Waals surface area (Å²) in [5.74, 6) is -0.126. The SMILES string of the molecule is Nc1cc(F)ccc1C(=O)c1cc(Br)cc2c1OCC2. The molecule has 1 aliphatic rings. The second kappa shape index (κ2) is 4.90. The average molecular weight is 336 g/mol. The Morgan fingerprint density at radius 1 is 1.25 bits per heavy atom. The standard InChI is InChI=1S/C15H11BrFNO2/c16-9-5-8-3-4-20-15(8)12(6-9)14(19)11-2-1-10(17)7-13(11)18/h1-2,5-7H,3-4,18H2. The van der Waals surface area contributed by atoms with Gasteiger partial charge in [-0.1, -0.05) is 15.9 Å². The summed E-state index contributed by atoms with van der Waals surface area (Å²) in [5.41, 5.74) is 7.57. The number of nitrogen functional groups attached to an aromatic ring is 1. The van der Waals surface area contributed by atoms with E-state index in [0.29, 0.717) is 17.9 Å². The van der Waals surface area contributed by atoms with Crippen molar-refractivity contribution in [1.82, 2.24) is 0 Å². The number of hydrogen-bond donors (Lipinski definition) is 1. The van der Waals surface area contributed by atoms with E-state index < -0.39 is 5.82 Å². The van der Waals surface area contributed by atoms with Crippen LogP contribution in [0.3, 0.4) is 0 Å². The Morgan fingerprint density at radius 2 is 2.05 bits per heavy atom. The van der Waals surface area contributed by atoms with Crippen LogP contribution in [0.15, 0.2) is 34.8 Å². The van der Waals surface area contributed by atoms with Gasteiger partial charge in [-0.25, -0.2) is 4.39 Å². The van der Waals surface area contributed by atoms with E-state index in [1.54, 1.807) is 6.07 Å². The lowest BCUT2D eigenvalue weighted by Gasteiger charge is -2.10. The number of anilines is 1. The molecule has 0 bridgehead atoms. The molecule has 0 aliphatic carbocycles. The van der Waals surface area contributed by atoms with E-state index >= 15 is 0 Å². The van der Waals surface area contributed by atoms with Gasteiger partial charge in [0.15, 0.2) is 5.78 Å². The fraction of sp³-hybridized carbons (Fsp3) is 0.133. The van der Waals surface area contributed by atoms with Crippen molar-refractivity contribution in [3.05, 3.63) is 57.3 Å². The van der Waals surface area contributed by atoms with E-state index in [1.165, 1.54) is 12.1 Å². The van der Waals surface area contributed by atoms with Crippen LogP contribution >= 0.6 is 15.9 Å². The first-order valence-corrected chi connectivity index (χ1v) is 6.90. The van der Waals surface area contributed by atoms with Crippen LogP contribution in [0.1, 0.15) is 21.5 Å². The van der Waals surface area contributed by atoms with E-state index in [2.05, 4.69) is 15.9 Å². The molecular formula is C15H11BrFNO2. The minimum atomic E-state index is -0.463. The van der Waals surface area contributed by atoms with Crippen LogP contribution < -0.4 is 10.5 Å². The lowest BCUT2D eigenvalue weighted by molar-refractivity contribution is 0.103. The van der Waals surface area contributed by atoms with E-state index in [-0.39, 0.29) is 17.0 Å². The largest absolute Gasteiger partial charge is 0.492 e. The van der Waals surface area contributed by atoms with Crippen LogP contribution in [0.25, 0.3) is 0 Å². The Balaban J connectivity index is 2.11. The van der Waals surface area contributed by atoms with E-state index in [4.69, 9.17) is 10.5 Å². The number of nitrogens with two attached hydrogens (primary N) is 1. The summed E-state index contributed by atoms with van der Waals surface area (Å²) in [7, 11) is 0. The quantitative estimate of drug-likeness (QED) is 0.676. The third-order valence-electron chi connectivity index (χ3n) is 3.25. The maximum absolute atomic E-state index is 13.1. The normalized spacial score (nSPS) is 12.9. The minimum Gasteiger partial charge on any atom is -0.492 e. The molecule has 3 nitrogen and oxygen atoms in total. The molecular weight excluding hydrogens is 325 g/mol. The van der Waals surface area contributed by atoms with Gasteiger partial charge in [-0.3, -0.25) is 4.79 Å². The Labute approximate surface area is 123 Å². The molecule has 0 aromatic heterocycles. The van der Waals surface area contributed by atoms with Crippen molar-refractivity contribution in [2.45, 2.75) is 6.42 Å². The van der Waals surface area contributed by atoms with Crippen LogP contribution in [-0.2, 0) is 6.42 Å². The van der Waals surface area contributed by atoms with Crippen LogP contribution in [0.5, 0.6) is 5.75 Å². The van der Waals surface area contributed by atoms with Gasteiger partial charge in [0.2, 0.25) is 0 Å². The number of carbonyl (C=O) groups excluding carboxylic acids is 1. The molecule has 0 unspecified atom stereocenters. The zero-order chi connectivity index (χ0) is 14.3. The first-order chi connectivity index (χ1) is 9.56. The summed E-state index contributed by atoms with van der Waals surface area (Å²) in [6.07, 6.45) is 0.772. The van der Waals surface area contributed by atoms with Gasteiger partial charge in [0.05, 0.1) is 12.2 Å². The van der Waals surface area contributed by atoms with Gasteiger partial charge in [0, 0.05) is 22.1 Å². The molecule has 0 amide bonds. The fourth-order valence-electron chi connectivity index (χ4n) is 2.32. The maximum Gasteiger partial charge on any atom is 0.198 e.